The molecule has 0 aliphatic carbocycles. The van der Waals surface area contributed by atoms with Gasteiger partial charge in [-0.3, -0.25) is 9.69 Å². The lowest BCUT2D eigenvalue weighted by atomic mass is 10.1. The molecule has 0 unspecified atom stereocenters. The Hall–Kier alpha value is -2.64. The van der Waals surface area contributed by atoms with Crippen LogP contribution in [-0.2, 0) is 11.3 Å². The van der Waals surface area contributed by atoms with E-state index < -0.39 is 0 Å². The largest absolute Gasteiger partial charge is 0.337 e. The van der Waals surface area contributed by atoms with E-state index in [0.29, 0.717) is 12.3 Å². The Bertz CT molecular complexity index is 1120. The number of carbonyl (C=O) groups is 1. The smallest absolute Gasteiger partial charge is 0.239 e. The molecule has 0 N–H and O–H groups in total. The molecular formula is C23H24N4OS2. The molecule has 0 spiro atoms. The molecule has 4 rings (SSSR count). The van der Waals surface area contributed by atoms with Gasteiger partial charge in [0.1, 0.15) is 0 Å². The van der Waals surface area contributed by atoms with E-state index in [1.165, 1.54) is 5.56 Å². The minimum atomic E-state index is 0.0860. The molecule has 0 radical (unpaired) electrons. The number of rotatable bonds is 8. The van der Waals surface area contributed by atoms with E-state index in [9.17, 15) is 4.79 Å². The number of thioether (sulfide) groups is 1. The summed E-state index contributed by atoms with van der Waals surface area (Å²) >= 11 is 3.16. The van der Waals surface area contributed by atoms with Gasteiger partial charge in [-0.2, -0.15) is 0 Å². The van der Waals surface area contributed by atoms with Gasteiger partial charge in [0, 0.05) is 30.4 Å². The van der Waals surface area contributed by atoms with Gasteiger partial charge in [0.05, 0.1) is 22.3 Å². The van der Waals surface area contributed by atoms with Gasteiger partial charge < -0.3 is 4.57 Å². The summed E-state index contributed by atoms with van der Waals surface area (Å²) in [6.07, 6.45) is 6.37. The Morgan fingerprint density at radius 1 is 1.20 bits per heavy atom. The minimum absolute atomic E-state index is 0.0860. The first kappa shape index (κ1) is 20.6. The van der Waals surface area contributed by atoms with E-state index in [0.717, 1.165) is 38.8 Å². The number of nitrogens with zero attached hydrogens (tertiary/aromatic N) is 4. The lowest BCUT2D eigenvalue weighted by Crippen LogP contribution is -2.33. The number of aromatic nitrogens is 3. The zero-order valence-corrected chi connectivity index (χ0v) is 18.7. The fourth-order valence-corrected chi connectivity index (χ4v) is 5.35. The van der Waals surface area contributed by atoms with Gasteiger partial charge in [-0.15, -0.1) is 11.8 Å². The highest BCUT2D eigenvalue weighted by atomic mass is 32.2. The number of thiazole rings is 1. The van der Waals surface area contributed by atoms with Gasteiger partial charge in [0.2, 0.25) is 5.91 Å². The topological polar surface area (TPSA) is 51.0 Å². The third kappa shape index (κ3) is 4.91. The third-order valence-electron chi connectivity index (χ3n) is 4.81. The Kier molecular flexibility index (Phi) is 6.50. The van der Waals surface area contributed by atoms with E-state index >= 15 is 0 Å². The quantitative estimate of drug-likeness (QED) is 0.351. The van der Waals surface area contributed by atoms with Gasteiger partial charge >= 0.3 is 0 Å². The molecule has 0 fully saturated rings. The maximum absolute atomic E-state index is 13.2. The van der Waals surface area contributed by atoms with Crippen LogP contribution in [0.25, 0.3) is 10.2 Å². The average Bonchev–Trinajstić information content (AvgIpc) is 3.40. The zero-order valence-electron chi connectivity index (χ0n) is 17.1. The minimum Gasteiger partial charge on any atom is -0.337 e. The van der Waals surface area contributed by atoms with Crippen molar-refractivity contribution < 1.29 is 4.79 Å². The molecule has 5 nitrogen and oxygen atoms in total. The molecule has 0 saturated heterocycles. The van der Waals surface area contributed by atoms with Gasteiger partial charge in [0.25, 0.3) is 0 Å². The van der Waals surface area contributed by atoms with Gasteiger partial charge in [-0.05, 0) is 49.6 Å². The fourth-order valence-electron chi connectivity index (χ4n) is 3.37. The van der Waals surface area contributed by atoms with Crippen LogP contribution in [0.3, 0.4) is 0 Å². The van der Waals surface area contributed by atoms with Crippen LogP contribution in [0.15, 0.2) is 66.1 Å². The highest BCUT2D eigenvalue weighted by Gasteiger charge is 2.20. The van der Waals surface area contributed by atoms with Crippen LogP contribution < -0.4 is 4.90 Å². The van der Waals surface area contributed by atoms with Crippen molar-refractivity contribution in [3.05, 3.63) is 72.3 Å². The van der Waals surface area contributed by atoms with E-state index in [1.54, 1.807) is 35.6 Å². The number of hydrogen-bond acceptors (Lipinski definition) is 5. The van der Waals surface area contributed by atoms with Crippen molar-refractivity contribution in [3.63, 3.8) is 0 Å². The van der Waals surface area contributed by atoms with Crippen LogP contribution in [0.2, 0.25) is 0 Å². The molecule has 30 heavy (non-hydrogen) atoms. The lowest BCUT2D eigenvalue weighted by Gasteiger charge is -2.20. The maximum Gasteiger partial charge on any atom is 0.239 e. The molecule has 1 amide bonds. The number of carbonyl (C=O) groups excluding carboxylic acids is 1. The highest BCUT2D eigenvalue weighted by molar-refractivity contribution is 8.00. The molecule has 2 heterocycles. The number of benzene rings is 2. The SMILES string of the molecule is Cc1cc(C)c2nc(N(CCCn3ccnc3)C(=O)CSc3ccccc3)sc2c1. The summed E-state index contributed by atoms with van der Waals surface area (Å²) in [5.74, 6) is 0.478. The molecule has 2 aromatic carbocycles. The third-order valence-corrected chi connectivity index (χ3v) is 6.84. The van der Waals surface area contributed by atoms with Gasteiger partial charge in [-0.1, -0.05) is 35.6 Å². The van der Waals surface area contributed by atoms with Crippen LogP contribution in [0, 0.1) is 13.8 Å². The first-order valence-corrected chi connectivity index (χ1v) is 11.7. The summed E-state index contributed by atoms with van der Waals surface area (Å²) in [5, 5.41) is 0.781. The average molecular weight is 437 g/mol. The van der Waals surface area contributed by atoms with Crippen molar-refractivity contribution >= 4 is 44.4 Å². The molecule has 4 aromatic rings. The predicted octanol–water partition coefficient (Wildman–Crippen LogP) is 5.33. The Morgan fingerprint density at radius 3 is 2.80 bits per heavy atom. The van der Waals surface area contributed by atoms with Crippen molar-refractivity contribution in [3.8, 4) is 0 Å². The van der Waals surface area contributed by atoms with Crippen LogP contribution >= 0.6 is 23.1 Å². The first-order valence-electron chi connectivity index (χ1n) is 9.92. The van der Waals surface area contributed by atoms with Crippen LogP contribution in [-0.4, -0.2) is 32.7 Å². The van der Waals surface area contributed by atoms with Crippen LogP contribution in [0.5, 0.6) is 0 Å². The van der Waals surface area contributed by atoms with Crippen molar-refractivity contribution in [1.82, 2.24) is 14.5 Å². The van der Waals surface area contributed by atoms with Crippen LogP contribution in [0.1, 0.15) is 17.5 Å². The molecule has 0 aliphatic heterocycles. The number of aryl methyl sites for hydroxylation is 3. The summed E-state index contributed by atoms with van der Waals surface area (Å²) in [6.45, 7) is 5.62. The molecule has 2 aromatic heterocycles. The van der Waals surface area contributed by atoms with Crippen molar-refractivity contribution in [1.29, 1.82) is 0 Å². The van der Waals surface area contributed by atoms with Crippen LogP contribution in [0.4, 0.5) is 5.13 Å². The monoisotopic (exact) mass is 436 g/mol. The first-order chi connectivity index (χ1) is 14.6. The Labute approximate surface area is 184 Å². The fraction of sp³-hybridized carbons (Fsp3) is 0.261. The van der Waals surface area contributed by atoms with E-state index in [1.807, 2.05) is 46.0 Å². The molecule has 7 heteroatoms. The van der Waals surface area contributed by atoms with E-state index in [-0.39, 0.29) is 5.91 Å². The van der Waals surface area contributed by atoms with Crippen molar-refractivity contribution in [2.75, 3.05) is 17.2 Å². The molecule has 0 saturated carbocycles. The number of imidazole rings is 1. The highest BCUT2D eigenvalue weighted by Crippen LogP contribution is 2.32. The molecule has 154 valence electrons. The standard InChI is InChI=1S/C23H24N4OS2/c1-17-13-18(2)22-20(14-17)30-23(25-22)27(11-6-10-26-12-9-24-16-26)21(28)15-29-19-7-4-3-5-8-19/h3-5,7-9,12-14,16H,6,10-11,15H2,1-2H3. The summed E-state index contributed by atoms with van der Waals surface area (Å²) in [4.78, 5) is 25.1. The normalized spacial score (nSPS) is 11.1. The second-order valence-electron chi connectivity index (χ2n) is 7.23. The predicted molar refractivity (Wildman–Crippen MR) is 125 cm³/mol. The number of anilines is 1. The second-order valence-corrected chi connectivity index (χ2v) is 9.28. The number of hydrogen-bond donors (Lipinski definition) is 0. The number of fused-ring (bicyclic) bond motifs is 1. The molecular weight excluding hydrogens is 412 g/mol. The second kappa shape index (κ2) is 9.45. The summed E-state index contributed by atoms with van der Waals surface area (Å²) < 4.78 is 3.17. The van der Waals surface area contributed by atoms with Gasteiger partial charge in [-0.25, -0.2) is 9.97 Å². The number of amides is 1. The summed E-state index contributed by atoms with van der Waals surface area (Å²) in [5.41, 5.74) is 3.36. The molecule has 0 aliphatic rings. The Morgan fingerprint density at radius 2 is 2.03 bits per heavy atom. The molecule has 0 bridgehead atoms. The van der Waals surface area contributed by atoms with E-state index in [2.05, 4.69) is 31.0 Å². The maximum atomic E-state index is 13.2. The summed E-state index contributed by atoms with van der Waals surface area (Å²) in [7, 11) is 0. The van der Waals surface area contributed by atoms with Gasteiger partial charge in [0.15, 0.2) is 5.13 Å². The van der Waals surface area contributed by atoms with E-state index in [4.69, 9.17) is 4.98 Å². The lowest BCUT2D eigenvalue weighted by molar-refractivity contribution is -0.116. The molecule has 0 atom stereocenters. The van der Waals surface area contributed by atoms with Crippen molar-refractivity contribution in [2.45, 2.75) is 31.7 Å². The summed E-state index contributed by atoms with van der Waals surface area (Å²) in [6, 6.07) is 14.3. The van der Waals surface area contributed by atoms with Crippen molar-refractivity contribution in [2.24, 2.45) is 0 Å². The zero-order chi connectivity index (χ0) is 20.9. The Balaban J connectivity index is 1.54.